The Morgan fingerprint density at radius 1 is 1.41 bits per heavy atom. The van der Waals surface area contributed by atoms with Gasteiger partial charge < -0.3 is 15.1 Å². The SMILES string of the molecule is O=C(O)[C@H]1CCC(=O)N1Cc1ccccc1O. The molecule has 1 aromatic rings. The molecular formula is C12H13NO4. The molecule has 1 aliphatic heterocycles. The fourth-order valence-corrected chi connectivity index (χ4v) is 2.02. The number of phenolic OH excluding ortho intramolecular Hbond substituents is 1. The zero-order valence-corrected chi connectivity index (χ0v) is 9.17. The normalized spacial score (nSPS) is 19.6. The van der Waals surface area contributed by atoms with Gasteiger partial charge in [-0.15, -0.1) is 0 Å². The van der Waals surface area contributed by atoms with Crippen molar-refractivity contribution in [1.29, 1.82) is 0 Å². The maximum Gasteiger partial charge on any atom is 0.326 e. The third-order valence-corrected chi connectivity index (χ3v) is 2.95. The van der Waals surface area contributed by atoms with Crippen LogP contribution in [0.3, 0.4) is 0 Å². The molecule has 90 valence electrons. The first kappa shape index (κ1) is 11.4. The van der Waals surface area contributed by atoms with E-state index >= 15 is 0 Å². The van der Waals surface area contributed by atoms with E-state index in [0.29, 0.717) is 12.0 Å². The van der Waals surface area contributed by atoms with Gasteiger partial charge in [0, 0.05) is 12.0 Å². The van der Waals surface area contributed by atoms with E-state index in [9.17, 15) is 14.7 Å². The molecule has 1 saturated heterocycles. The molecule has 1 aromatic carbocycles. The zero-order chi connectivity index (χ0) is 12.4. The Balaban J connectivity index is 2.19. The Bertz CT molecular complexity index is 458. The first-order valence-corrected chi connectivity index (χ1v) is 5.38. The number of rotatable bonds is 3. The lowest BCUT2D eigenvalue weighted by molar-refractivity contribution is -0.146. The van der Waals surface area contributed by atoms with E-state index in [-0.39, 0.29) is 24.6 Å². The number of aliphatic carboxylic acids is 1. The molecule has 1 aliphatic rings. The highest BCUT2D eigenvalue weighted by Crippen LogP contribution is 2.25. The second kappa shape index (κ2) is 4.45. The van der Waals surface area contributed by atoms with Gasteiger partial charge in [-0.05, 0) is 12.5 Å². The van der Waals surface area contributed by atoms with Gasteiger partial charge in [0.15, 0.2) is 0 Å². The van der Waals surface area contributed by atoms with E-state index in [1.165, 1.54) is 11.0 Å². The van der Waals surface area contributed by atoms with Gasteiger partial charge in [0.1, 0.15) is 11.8 Å². The van der Waals surface area contributed by atoms with Crippen molar-refractivity contribution in [2.75, 3.05) is 0 Å². The zero-order valence-electron chi connectivity index (χ0n) is 9.17. The molecule has 2 rings (SSSR count). The molecule has 0 spiro atoms. The largest absolute Gasteiger partial charge is 0.508 e. The van der Waals surface area contributed by atoms with Crippen molar-refractivity contribution in [3.8, 4) is 5.75 Å². The number of carbonyl (C=O) groups is 2. The Morgan fingerprint density at radius 2 is 2.12 bits per heavy atom. The Kier molecular flexibility index (Phi) is 2.99. The molecule has 17 heavy (non-hydrogen) atoms. The van der Waals surface area contributed by atoms with E-state index < -0.39 is 12.0 Å². The number of carboxylic acids is 1. The minimum absolute atomic E-state index is 0.0799. The lowest BCUT2D eigenvalue weighted by atomic mass is 10.1. The number of para-hydroxylation sites is 1. The summed E-state index contributed by atoms with van der Waals surface area (Å²) >= 11 is 0. The van der Waals surface area contributed by atoms with Crippen LogP contribution in [0.5, 0.6) is 5.75 Å². The van der Waals surface area contributed by atoms with Gasteiger partial charge in [0.05, 0.1) is 6.54 Å². The summed E-state index contributed by atoms with van der Waals surface area (Å²) in [5.41, 5.74) is 0.564. The molecular weight excluding hydrogens is 222 g/mol. The van der Waals surface area contributed by atoms with E-state index in [1.807, 2.05) is 0 Å². The Labute approximate surface area is 98.3 Å². The number of aromatic hydroxyl groups is 1. The highest BCUT2D eigenvalue weighted by Gasteiger charge is 2.36. The molecule has 0 unspecified atom stereocenters. The fraction of sp³-hybridized carbons (Fsp3) is 0.333. The standard InChI is InChI=1S/C12H13NO4/c14-10-4-2-1-3-8(10)7-13-9(12(16)17)5-6-11(13)15/h1-4,9,14H,5-7H2,(H,16,17)/t9-/m1/s1. The number of hydrogen-bond acceptors (Lipinski definition) is 3. The Morgan fingerprint density at radius 3 is 2.76 bits per heavy atom. The molecule has 5 heteroatoms. The topological polar surface area (TPSA) is 77.8 Å². The maximum absolute atomic E-state index is 11.6. The van der Waals surface area contributed by atoms with Crippen molar-refractivity contribution in [3.05, 3.63) is 29.8 Å². The van der Waals surface area contributed by atoms with Gasteiger partial charge in [-0.25, -0.2) is 4.79 Å². The van der Waals surface area contributed by atoms with Gasteiger partial charge in [-0.1, -0.05) is 18.2 Å². The van der Waals surface area contributed by atoms with Crippen LogP contribution in [0.25, 0.3) is 0 Å². The van der Waals surface area contributed by atoms with Crippen LogP contribution in [-0.4, -0.2) is 33.0 Å². The molecule has 0 bridgehead atoms. The summed E-state index contributed by atoms with van der Waals surface area (Å²) in [5.74, 6) is -1.09. The minimum Gasteiger partial charge on any atom is -0.508 e. The minimum atomic E-state index is -0.994. The summed E-state index contributed by atoms with van der Waals surface area (Å²) in [6.45, 7) is 0.141. The number of likely N-dealkylation sites (tertiary alicyclic amines) is 1. The monoisotopic (exact) mass is 235 g/mol. The van der Waals surface area contributed by atoms with Crippen molar-refractivity contribution < 1.29 is 19.8 Å². The molecule has 1 atom stereocenters. The molecule has 1 fully saturated rings. The van der Waals surface area contributed by atoms with Gasteiger partial charge >= 0.3 is 5.97 Å². The summed E-state index contributed by atoms with van der Waals surface area (Å²) in [5, 5.41) is 18.6. The van der Waals surface area contributed by atoms with Crippen molar-refractivity contribution >= 4 is 11.9 Å². The average Bonchev–Trinajstić information content (AvgIpc) is 2.64. The number of phenols is 1. The van der Waals surface area contributed by atoms with E-state index in [1.54, 1.807) is 18.2 Å². The number of amides is 1. The van der Waals surface area contributed by atoms with Crippen molar-refractivity contribution in [1.82, 2.24) is 4.90 Å². The lowest BCUT2D eigenvalue weighted by Gasteiger charge is -2.21. The average molecular weight is 235 g/mol. The highest BCUT2D eigenvalue weighted by atomic mass is 16.4. The van der Waals surface area contributed by atoms with E-state index in [0.717, 1.165) is 0 Å². The van der Waals surface area contributed by atoms with E-state index in [2.05, 4.69) is 0 Å². The van der Waals surface area contributed by atoms with Crippen molar-refractivity contribution in [2.24, 2.45) is 0 Å². The molecule has 0 radical (unpaired) electrons. The molecule has 1 heterocycles. The van der Waals surface area contributed by atoms with Crippen LogP contribution in [0.4, 0.5) is 0 Å². The predicted octanol–water partition coefficient (Wildman–Crippen LogP) is 0.968. The third-order valence-electron chi connectivity index (χ3n) is 2.95. The van der Waals surface area contributed by atoms with E-state index in [4.69, 9.17) is 5.11 Å². The van der Waals surface area contributed by atoms with Crippen LogP contribution >= 0.6 is 0 Å². The second-order valence-corrected chi connectivity index (χ2v) is 4.04. The molecule has 0 saturated carbocycles. The second-order valence-electron chi connectivity index (χ2n) is 4.04. The summed E-state index contributed by atoms with van der Waals surface area (Å²) in [6, 6.07) is 5.85. The maximum atomic E-state index is 11.6. The van der Waals surface area contributed by atoms with Gasteiger partial charge in [0.25, 0.3) is 0 Å². The van der Waals surface area contributed by atoms with Crippen LogP contribution < -0.4 is 0 Å². The molecule has 2 N–H and O–H groups in total. The summed E-state index contributed by atoms with van der Waals surface area (Å²) < 4.78 is 0. The molecule has 0 aromatic heterocycles. The summed E-state index contributed by atoms with van der Waals surface area (Å²) in [7, 11) is 0. The van der Waals surface area contributed by atoms with Gasteiger partial charge in [0.2, 0.25) is 5.91 Å². The predicted molar refractivity (Wildman–Crippen MR) is 59.3 cm³/mol. The van der Waals surface area contributed by atoms with Crippen LogP contribution in [-0.2, 0) is 16.1 Å². The third kappa shape index (κ3) is 2.22. The van der Waals surface area contributed by atoms with Crippen LogP contribution in [0.15, 0.2) is 24.3 Å². The molecule has 0 aliphatic carbocycles. The summed E-state index contributed by atoms with van der Waals surface area (Å²) in [4.78, 5) is 23.9. The first-order valence-electron chi connectivity index (χ1n) is 5.38. The highest BCUT2D eigenvalue weighted by molar-refractivity contribution is 5.87. The van der Waals surface area contributed by atoms with Crippen LogP contribution in [0.2, 0.25) is 0 Å². The number of hydrogen-bond donors (Lipinski definition) is 2. The van der Waals surface area contributed by atoms with Crippen molar-refractivity contribution in [3.63, 3.8) is 0 Å². The smallest absolute Gasteiger partial charge is 0.326 e. The Hall–Kier alpha value is -2.04. The van der Waals surface area contributed by atoms with Crippen molar-refractivity contribution in [2.45, 2.75) is 25.4 Å². The van der Waals surface area contributed by atoms with Crippen LogP contribution in [0, 0.1) is 0 Å². The quantitative estimate of drug-likeness (QED) is 0.818. The van der Waals surface area contributed by atoms with Gasteiger partial charge in [-0.2, -0.15) is 0 Å². The number of nitrogens with zero attached hydrogens (tertiary/aromatic N) is 1. The molecule has 1 amide bonds. The van der Waals surface area contributed by atoms with Crippen LogP contribution in [0.1, 0.15) is 18.4 Å². The first-order chi connectivity index (χ1) is 8.09. The number of benzene rings is 1. The molecule has 5 nitrogen and oxygen atoms in total. The lowest BCUT2D eigenvalue weighted by Crippen LogP contribution is -2.37. The van der Waals surface area contributed by atoms with Gasteiger partial charge in [-0.3, -0.25) is 4.79 Å². The summed E-state index contributed by atoms with van der Waals surface area (Å²) in [6.07, 6.45) is 0.590. The fourth-order valence-electron chi connectivity index (χ4n) is 2.02. The number of carboxylic acid groups (broad SMARTS) is 1. The number of carbonyl (C=O) groups excluding carboxylic acids is 1.